The SMILES string of the molecule is C=CC(=O)OC[C@H](/C=N/OCc1ccccc1)OCc1ccccc1. The fraction of sp³-hybridized carbons (Fsp3) is 0.200. The predicted octanol–water partition coefficient (Wildman–Crippen LogP) is 3.50. The molecule has 0 spiro atoms. The molecule has 2 rings (SSSR count). The number of hydrogen-bond donors (Lipinski definition) is 0. The van der Waals surface area contributed by atoms with Gasteiger partial charge in [-0.15, -0.1) is 0 Å². The first-order valence-corrected chi connectivity index (χ1v) is 7.92. The van der Waals surface area contributed by atoms with Crippen molar-refractivity contribution in [2.24, 2.45) is 5.16 Å². The van der Waals surface area contributed by atoms with Gasteiger partial charge in [0.15, 0.2) is 0 Å². The molecule has 0 saturated heterocycles. The summed E-state index contributed by atoms with van der Waals surface area (Å²) >= 11 is 0. The first-order chi connectivity index (χ1) is 12.3. The van der Waals surface area contributed by atoms with Gasteiger partial charge in [0.05, 0.1) is 12.8 Å². The van der Waals surface area contributed by atoms with Crippen molar-refractivity contribution in [3.05, 3.63) is 84.4 Å². The number of carbonyl (C=O) groups is 1. The van der Waals surface area contributed by atoms with Gasteiger partial charge in [-0.25, -0.2) is 4.79 Å². The molecule has 25 heavy (non-hydrogen) atoms. The molecule has 0 aliphatic carbocycles. The van der Waals surface area contributed by atoms with Crippen molar-refractivity contribution in [1.29, 1.82) is 0 Å². The highest BCUT2D eigenvalue weighted by atomic mass is 16.6. The molecule has 0 saturated carbocycles. The lowest BCUT2D eigenvalue weighted by molar-refractivity contribution is -0.140. The van der Waals surface area contributed by atoms with Gasteiger partial charge in [-0.2, -0.15) is 0 Å². The van der Waals surface area contributed by atoms with Crippen molar-refractivity contribution in [2.45, 2.75) is 19.3 Å². The van der Waals surface area contributed by atoms with Crippen molar-refractivity contribution in [2.75, 3.05) is 6.61 Å². The van der Waals surface area contributed by atoms with Crippen LogP contribution in [0.25, 0.3) is 0 Å². The zero-order chi connectivity index (χ0) is 17.7. The minimum atomic E-state index is -0.514. The smallest absolute Gasteiger partial charge is 0.330 e. The Morgan fingerprint density at radius 1 is 1.00 bits per heavy atom. The molecule has 0 amide bonds. The van der Waals surface area contributed by atoms with Crippen molar-refractivity contribution in [3.8, 4) is 0 Å². The monoisotopic (exact) mass is 339 g/mol. The van der Waals surface area contributed by atoms with E-state index in [1.807, 2.05) is 60.7 Å². The summed E-state index contributed by atoms with van der Waals surface area (Å²) in [4.78, 5) is 16.5. The second-order valence-electron chi connectivity index (χ2n) is 5.18. The minimum absolute atomic E-state index is 0.0376. The fourth-order valence-corrected chi connectivity index (χ4v) is 1.93. The highest BCUT2D eigenvalue weighted by molar-refractivity contribution is 5.81. The Morgan fingerprint density at radius 3 is 2.20 bits per heavy atom. The summed E-state index contributed by atoms with van der Waals surface area (Å²) in [5, 5.41) is 3.92. The van der Waals surface area contributed by atoms with Crippen molar-refractivity contribution in [1.82, 2.24) is 0 Å². The van der Waals surface area contributed by atoms with Crippen molar-refractivity contribution >= 4 is 12.2 Å². The standard InChI is InChI=1S/C20H21NO4/c1-2-20(22)24-16-19(23-14-17-9-5-3-6-10-17)13-21-25-15-18-11-7-4-8-12-18/h2-13,19H,1,14-16H2/b21-13+/t19-/m0/s1. The minimum Gasteiger partial charge on any atom is -0.459 e. The van der Waals surface area contributed by atoms with E-state index in [9.17, 15) is 4.79 Å². The number of nitrogens with zero attached hydrogens (tertiary/aromatic N) is 1. The van der Waals surface area contributed by atoms with E-state index in [0.29, 0.717) is 13.2 Å². The van der Waals surface area contributed by atoms with E-state index in [1.54, 1.807) is 0 Å². The van der Waals surface area contributed by atoms with E-state index in [4.69, 9.17) is 14.3 Å². The quantitative estimate of drug-likeness (QED) is 0.288. The van der Waals surface area contributed by atoms with Crippen molar-refractivity contribution < 1.29 is 19.1 Å². The molecule has 0 N–H and O–H groups in total. The molecule has 0 aliphatic rings. The molecule has 0 fully saturated rings. The number of oxime groups is 1. The highest BCUT2D eigenvalue weighted by Gasteiger charge is 2.10. The Balaban J connectivity index is 1.84. The van der Waals surface area contributed by atoms with Gasteiger partial charge in [-0.1, -0.05) is 72.4 Å². The van der Waals surface area contributed by atoms with Crippen LogP contribution in [0.1, 0.15) is 11.1 Å². The van der Waals surface area contributed by atoms with Crippen LogP contribution < -0.4 is 0 Å². The van der Waals surface area contributed by atoms with Crippen LogP contribution >= 0.6 is 0 Å². The first kappa shape index (κ1) is 18.4. The number of hydrogen-bond acceptors (Lipinski definition) is 5. The van der Waals surface area contributed by atoms with Gasteiger partial charge in [-0.05, 0) is 11.1 Å². The summed E-state index contributed by atoms with van der Waals surface area (Å²) in [6.07, 6.45) is 2.08. The van der Waals surface area contributed by atoms with E-state index in [2.05, 4.69) is 11.7 Å². The van der Waals surface area contributed by atoms with Crippen LogP contribution in [0.4, 0.5) is 0 Å². The number of benzene rings is 2. The van der Waals surface area contributed by atoms with Gasteiger partial charge in [0.1, 0.15) is 19.3 Å². The third-order valence-corrected chi connectivity index (χ3v) is 3.24. The summed E-state index contributed by atoms with van der Waals surface area (Å²) in [6, 6.07) is 19.4. The van der Waals surface area contributed by atoms with Gasteiger partial charge in [0.2, 0.25) is 0 Å². The lowest BCUT2D eigenvalue weighted by atomic mass is 10.2. The Morgan fingerprint density at radius 2 is 1.60 bits per heavy atom. The Kier molecular flexibility index (Phi) is 7.94. The summed E-state index contributed by atoms with van der Waals surface area (Å²) < 4.78 is 10.8. The molecule has 130 valence electrons. The van der Waals surface area contributed by atoms with Crippen molar-refractivity contribution in [3.63, 3.8) is 0 Å². The maximum absolute atomic E-state index is 11.2. The lowest BCUT2D eigenvalue weighted by Crippen LogP contribution is -2.23. The molecule has 0 heterocycles. The van der Waals surface area contributed by atoms with Crippen LogP contribution in [0.5, 0.6) is 0 Å². The molecule has 5 nitrogen and oxygen atoms in total. The third kappa shape index (κ3) is 7.46. The number of ether oxygens (including phenoxy) is 2. The zero-order valence-corrected chi connectivity index (χ0v) is 13.9. The van der Waals surface area contributed by atoms with Gasteiger partial charge < -0.3 is 14.3 Å². The second kappa shape index (κ2) is 10.8. The average molecular weight is 339 g/mol. The summed E-state index contributed by atoms with van der Waals surface area (Å²) in [6.45, 7) is 4.14. The van der Waals surface area contributed by atoms with Crippen LogP contribution in [0.3, 0.4) is 0 Å². The molecule has 0 aliphatic heterocycles. The average Bonchev–Trinajstić information content (AvgIpc) is 2.68. The topological polar surface area (TPSA) is 57.1 Å². The molecule has 0 aromatic heterocycles. The van der Waals surface area contributed by atoms with E-state index in [0.717, 1.165) is 17.2 Å². The molecule has 5 heteroatoms. The van der Waals surface area contributed by atoms with E-state index in [1.165, 1.54) is 6.21 Å². The lowest BCUT2D eigenvalue weighted by Gasteiger charge is -2.13. The maximum atomic E-state index is 11.2. The Bertz CT molecular complexity index is 671. The number of carbonyl (C=O) groups excluding carboxylic acids is 1. The third-order valence-electron chi connectivity index (χ3n) is 3.24. The van der Waals surface area contributed by atoms with Crippen LogP contribution in [0, 0.1) is 0 Å². The maximum Gasteiger partial charge on any atom is 0.330 e. The Labute approximate surface area is 147 Å². The van der Waals surface area contributed by atoms with Gasteiger partial charge in [-0.3, -0.25) is 0 Å². The van der Waals surface area contributed by atoms with Crippen LogP contribution in [0.15, 0.2) is 78.5 Å². The molecule has 1 atom stereocenters. The molecule has 2 aromatic carbocycles. The zero-order valence-electron chi connectivity index (χ0n) is 13.9. The summed E-state index contributed by atoms with van der Waals surface area (Å²) in [5.74, 6) is -0.507. The molecule has 2 aromatic rings. The predicted molar refractivity (Wildman–Crippen MR) is 95.9 cm³/mol. The normalized spacial score (nSPS) is 11.8. The molecular formula is C20H21NO4. The fourth-order valence-electron chi connectivity index (χ4n) is 1.93. The van der Waals surface area contributed by atoms with E-state index in [-0.39, 0.29) is 6.61 Å². The number of esters is 1. The first-order valence-electron chi connectivity index (χ1n) is 7.92. The highest BCUT2D eigenvalue weighted by Crippen LogP contribution is 2.04. The van der Waals surface area contributed by atoms with Gasteiger partial charge in [0, 0.05) is 6.08 Å². The molecule has 0 unspecified atom stereocenters. The van der Waals surface area contributed by atoms with Crippen LogP contribution in [-0.4, -0.2) is 24.9 Å². The molecular weight excluding hydrogens is 318 g/mol. The molecule has 0 radical (unpaired) electrons. The van der Waals surface area contributed by atoms with E-state index >= 15 is 0 Å². The second-order valence-corrected chi connectivity index (χ2v) is 5.18. The largest absolute Gasteiger partial charge is 0.459 e. The summed E-state index contributed by atoms with van der Waals surface area (Å²) in [7, 11) is 0. The van der Waals surface area contributed by atoms with Crippen LogP contribution in [-0.2, 0) is 32.3 Å². The summed E-state index contributed by atoms with van der Waals surface area (Å²) in [5.41, 5.74) is 2.03. The van der Waals surface area contributed by atoms with Gasteiger partial charge in [0.25, 0.3) is 0 Å². The molecule has 0 bridgehead atoms. The van der Waals surface area contributed by atoms with Crippen LogP contribution in [0.2, 0.25) is 0 Å². The number of rotatable bonds is 10. The van der Waals surface area contributed by atoms with E-state index < -0.39 is 12.1 Å². The Hall–Kier alpha value is -2.92. The van der Waals surface area contributed by atoms with Gasteiger partial charge >= 0.3 is 5.97 Å².